The van der Waals surface area contributed by atoms with Crippen molar-refractivity contribution in [2.75, 3.05) is 63.9 Å². The quantitative estimate of drug-likeness (QED) is 0.192. The number of para-hydroxylation sites is 1. The van der Waals surface area contributed by atoms with E-state index in [1.807, 2.05) is 36.4 Å². The number of nitrogens with zero attached hydrogens (tertiary/aromatic N) is 5. The lowest BCUT2D eigenvalue weighted by atomic mass is 10.3. The molecule has 1 fully saturated rings. The Morgan fingerprint density at radius 3 is 2.47 bits per heavy atom. The number of ether oxygens (including phenoxy) is 1. The average Bonchev–Trinajstić information content (AvgIpc) is 2.83. The molecule has 8 nitrogen and oxygen atoms in total. The van der Waals surface area contributed by atoms with Crippen molar-refractivity contribution in [3.05, 3.63) is 48.8 Å². The number of anilines is 1. The smallest absolute Gasteiger partial charge is 0.225 e. The molecule has 0 unspecified atom stereocenters. The highest BCUT2D eigenvalue weighted by Crippen LogP contribution is 2.10. The Hall–Kier alpha value is -2.14. The van der Waals surface area contributed by atoms with Crippen molar-refractivity contribution in [3.63, 3.8) is 0 Å². The largest absolute Gasteiger partial charge is 0.494 e. The molecule has 9 heteroatoms. The van der Waals surface area contributed by atoms with Crippen LogP contribution in [0.15, 0.2) is 53.8 Å². The van der Waals surface area contributed by atoms with E-state index in [0.29, 0.717) is 6.61 Å². The molecule has 3 rings (SSSR count). The molecule has 0 aliphatic carbocycles. The predicted molar refractivity (Wildman–Crippen MR) is 141 cm³/mol. The summed E-state index contributed by atoms with van der Waals surface area (Å²) in [6.07, 6.45) is 5.59. The maximum atomic E-state index is 5.72. The van der Waals surface area contributed by atoms with Gasteiger partial charge < -0.3 is 20.3 Å². The fourth-order valence-electron chi connectivity index (χ4n) is 3.44. The van der Waals surface area contributed by atoms with E-state index < -0.39 is 0 Å². The summed E-state index contributed by atoms with van der Waals surface area (Å²) in [5, 5.41) is 6.76. The van der Waals surface area contributed by atoms with Crippen molar-refractivity contribution in [2.45, 2.75) is 19.8 Å². The van der Waals surface area contributed by atoms with Crippen LogP contribution in [0.2, 0.25) is 0 Å². The van der Waals surface area contributed by atoms with Crippen molar-refractivity contribution in [2.24, 2.45) is 4.99 Å². The molecule has 1 aromatic carbocycles. The van der Waals surface area contributed by atoms with Gasteiger partial charge in [-0.15, -0.1) is 24.0 Å². The number of piperazine rings is 1. The molecule has 1 aliphatic rings. The van der Waals surface area contributed by atoms with Gasteiger partial charge in [-0.05, 0) is 38.1 Å². The Labute approximate surface area is 208 Å². The summed E-state index contributed by atoms with van der Waals surface area (Å²) in [6.45, 7) is 10.4. The molecular formula is C23H36IN7O. The summed E-state index contributed by atoms with van der Waals surface area (Å²) < 4.78 is 5.72. The lowest BCUT2D eigenvalue weighted by Crippen LogP contribution is -2.47. The Kier molecular flexibility index (Phi) is 12.8. The summed E-state index contributed by atoms with van der Waals surface area (Å²) in [7, 11) is 0. The van der Waals surface area contributed by atoms with Gasteiger partial charge in [-0.2, -0.15) is 0 Å². The minimum absolute atomic E-state index is 0. The highest BCUT2D eigenvalue weighted by atomic mass is 127. The van der Waals surface area contributed by atoms with Crippen LogP contribution < -0.4 is 20.3 Å². The van der Waals surface area contributed by atoms with Crippen molar-refractivity contribution in [1.82, 2.24) is 25.5 Å². The van der Waals surface area contributed by atoms with Gasteiger partial charge in [0.2, 0.25) is 5.95 Å². The molecule has 0 amide bonds. The number of hydrogen-bond donors (Lipinski definition) is 2. The Balaban J connectivity index is 0.00000363. The molecule has 32 heavy (non-hydrogen) atoms. The van der Waals surface area contributed by atoms with Gasteiger partial charge in [0.25, 0.3) is 0 Å². The highest BCUT2D eigenvalue weighted by Gasteiger charge is 2.18. The van der Waals surface area contributed by atoms with Gasteiger partial charge in [-0.3, -0.25) is 9.89 Å². The van der Waals surface area contributed by atoms with E-state index in [1.54, 1.807) is 12.4 Å². The SMILES string of the molecule is CCNC(=NCCCOc1ccccc1)NCCCN1CCN(c2ncccn2)CC1.I. The van der Waals surface area contributed by atoms with Crippen molar-refractivity contribution in [3.8, 4) is 5.75 Å². The summed E-state index contributed by atoms with van der Waals surface area (Å²) in [4.78, 5) is 18.1. The normalized spacial score (nSPS) is 14.5. The van der Waals surface area contributed by atoms with Crippen molar-refractivity contribution < 1.29 is 4.74 Å². The molecule has 1 saturated heterocycles. The highest BCUT2D eigenvalue weighted by molar-refractivity contribution is 14.0. The van der Waals surface area contributed by atoms with E-state index in [1.165, 1.54) is 0 Å². The molecule has 0 saturated carbocycles. The molecule has 0 atom stereocenters. The van der Waals surface area contributed by atoms with Gasteiger partial charge in [-0.25, -0.2) is 9.97 Å². The maximum absolute atomic E-state index is 5.72. The van der Waals surface area contributed by atoms with Crippen LogP contribution in [0.1, 0.15) is 19.8 Å². The molecule has 176 valence electrons. The third-order valence-corrected chi connectivity index (χ3v) is 5.08. The molecular weight excluding hydrogens is 517 g/mol. The van der Waals surface area contributed by atoms with Crippen LogP contribution >= 0.6 is 24.0 Å². The molecule has 2 aromatic rings. The topological polar surface area (TPSA) is 77.9 Å². The molecule has 0 radical (unpaired) electrons. The van der Waals surface area contributed by atoms with Crippen LogP contribution in [0.25, 0.3) is 0 Å². The third kappa shape index (κ3) is 9.56. The zero-order valence-corrected chi connectivity index (χ0v) is 21.3. The summed E-state index contributed by atoms with van der Waals surface area (Å²) >= 11 is 0. The minimum Gasteiger partial charge on any atom is -0.494 e. The second kappa shape index (κ2) is 15.6. The standard InChI is InChI=1S/C23H35N7O.HI/c1-2-24-22(26-14-8-20-31-21-9-4-3-5-10-21)25-13-7-15-29-16-18-30(19-17-29)23-27-11-6-12-28-23;/h3-6,9-12H,2,7-8,13-20H2,1H3,(H2,24,25,26);1H. The van der Waals surface area contributed by atoms with Crippen LogP contribution in [-0.2, 0) is 0 Å². The third-order valence-electron chi connectivity index (χ3n) is 5.08. The van der Waals surface area contributed by atoms with Crippen molar-refractivity contribution in [1.29, 1.82) is 0 Å². The van der Waals surface area contributed by atoms with Gasteiger partial charge in [0.05, 0.1) is 6.61 Å². The summed E-state index contributed by atoms with van der Waals surface area (Å²) in [6, 6.07) is 11.8. The van der Waals surface area contributed by atoms with Crippen LogP contribution in [0.5, 0.6) is 5.75 Å². The minimum atomic E-state index is 0. The lowest BCUT2D eigenvalue weighted by Gasteiger charge is -2.34. The van der Waals surface area contributed by atoms with Gasteiger partial charge in [0.1, 0.15) is 5.75 Å². The first kappa shape index (κ1) is 26.1. The zero-order chi connectivity index (χ0) is 21.6. The summed E-state index contributed by atoms with van der Waals surface area (Å²) in [5.74, 6) is 2.63. The monoisotopic (exact) mass is 553 g/mol. The first-order valence-corrected chi connectivity index (χ1v) is 11.3. The lowest BCUT2D eigenvalue weighted by molar-refractivity contribution is 0.254. The van der Waals surface area contributed by atoms with E-state index in [2.05, 4.69) is 42.3 Å². The van der Waals surface area contributed by atoms with E-state index in [-0.39, 0.29) is 24.0 Å². The number of benzene rings is 1. The Morgan fingerprint density at radius 1 is 1.00 bits per heavy atom. The van der Waals surface area contributed by atoms with Gasteiger partial charge >= 0.3 is 0 Å². The number of rotatable bonds is 11. The Bertz CT molecular complexity index is 755. The molecule has 1 aromatic heterocycles. The van der Waals surface area contributed by atoms with Gasteiger partial charge in [0.15, 0.2) is 5.96 Å². The zero-order valence-electron chi connectivity index (χ0n) is 18.9. The van der Waals surface area contributed by atoms with Crippen LogP contribution in [0, 0.1) is 0 Å². The second-order valence-corrected chi connectivity index (χ2v) is 7.43. The van der Waals surface area contributed by atoms with Crippen LogP contribution in [-0.4, -0.2) is 79.8 Å². The first-order chi connectivity index (χ1) is 15.3. The number of halogens is 1. The van der Waals surface area contributed by atoms with Gasteiger partial charge in [-0.1, -0.05) is 18.2 Å². The van der Waals surface area contributed by atoms with E-state index in [4.69, 9.17) is 4.74 Å². The predicted octanol–water partition coefficient (Wildman–Crippen LogP) is 2.63. The molecule has 2 heterocycles. The van der Waals surface area contributed by atoms with E-state index in [9.17, 15) is 0 Å². The van der Waals surface area contributed by atoms with E-state index >= 15 is 0 Å². The molecule has 1 aliphatic heterocycles. The fourth-order valence-corrected chi connectivity index (χ4v) is 3.44. The van der Waals surface area contributed by atoms with Crippen LogP contribution in [0.4, 0.5) is 5.95 Å². The number of nitrogens with one attached hydrogen (secondary N) is 2. The Morgan fingerprint density at radius 2 is 1.75 bits per heavy atom. The average molecular weight is 553 g/mol. The van der Waals surface area contributed by atoms with Crippen LogP contribution in [0.3, 0.4) is 0 Å². The van der Waals surface area contributed by atoms with Crippen molar-refractivity contribution >= 4 is 35.9 Å². The van der Waals surface area contributed by atoms with Gasteiger partial charge in [0, 0.05) is 64.6 Å². The number of hydrogen-bond acceptors (Lipinski definition) is 6. The number of aliphatic imine (C=N–C) groups is 1. The number of guanidine groups is 1. The molecule has 0 bridgehead atoms. The maximum Gasteiger partial charge on any atom is 0.225 e. The summed E-state index contributed by atoms with van der Waals surface area (Å²) in [5.41, 5.74) is 0. The molecule has 2 N–H and O–H groups in total. The molecule has 0 spiro atoms. The second-order valence-electron chi connectivity index (χ2n) is 7.43. The fraction of sp³-hybridized carbons (Fsp3) is 0.522. The van der Waals surface area contributed by atoms with E-state index in [0.717, 1.165) is 82.9 Å². The number of aromatic nitrogens is 2. The first-order valence-electron chi connectivity index (χ1n) is 11.3.